The Morgan fingerprint density at radius 2 is 1.78 bits per heavy atom. The summed E-state index contributed by atoms with van der Waals surface area (Å²) in [5, 5.41) is 12.4. The highest BCUT2D eigenvalue weighted by molar-refractivity contribution is 7.98. The number of aromatic nitrogens is 5. The van der Waals surface area contributed by atoms with E-state index in [0.29, 0.717) is 0 Å². The number of halogens is 2. The van der Waals surface area contributed by atoms with Gasteiger partial charge in [0.05, 0.1) is 23.3 Å². The number of para-hydroxylation sites is 2. The molecule has 0 fully saturated rings. The summed E-state index contributed by atoms with van der Waals surface area (Å²) >= 11 is 1.65. The van der Waals surface area contributed by atoms with Crippen LogP contribution in [-0.2, 0) is 26.4 Å². The highest BCUT2D eigenvalue weighted by Crippen LogP contribution is 2.23. The van der Waals surface area contributed by atoms with Crippen molar-refractivity contribution in [3.05, 3.63) is 35.9 Å². The van der Waals surface area contributed by atoms with Gasteiger partial charge >= 0.3 is 0 Å². The van der Waals surface area contributed by atoms with Crippen LogP contribution in [0.1, 0.15) is 11.6 Å². The fraction of sp³-hybridized carbons (Fsp3) is 0.357. The van der Waals surface area contributed by atoms with Crippen molar-refractivity contribution in [1.82, 2.24) is 29.6 Å². The Balaban J connectivity index is 0.00000132. The van der Waals surface area contributed by atoms with Crippen molar-refractivity contribution in [3.63, 3.8) is 0 Å². The van der Waals surface area contributed by atoms with Crippen LogP contribution < -0.4 is 5.32 Å². The number of aryl methyl sites for hydroxylation is 1. The van der Waals surface area contributed by atoms with Gasteiger partial charge in [0.15, 0.2) is 5.16 Å². The maximum atomic E-state index is 4.67. The van der Waals surface area contributed by atoms with E-state index in [1.54, 1.807) is 11.8 Å². The number of thioether (sulfide) groups is 1. The lowest BCUT2D eigenvalue weighted by atomic mass is 10.3. The third kappa shape index (κ3) is 3.98. The van der Waals surface area contributed by atoms with Gasteiger partial charge in [-0.3, -0.25) is 0 Å². The molecule has 0 saturated carbocycles. The van der Waals surface area contributed by atoms with Gasteiger partial charge in [-0.15, -0.1) is 35.0 Å². The Hall–Kier alpha value is -1.28. The average molecular weight is 375 g/mol. The number of nitrogens with one attached hydrogen (secondary N) is 1. The second kappa shape index (κ2) is 8.54. The van der Waals surface area contributed by atoms with E-state index in [0.717, 1.165) is 40.1 Å². The molecular formula is C14H20Cl2N6S. The monoisotopic (exact) mass is 374 g/mol. The zero-order valence-corrected chi connectivity index (χ0v) is 15.6. The minimum atomic E-state index is 0. The summed E-state index contributed by atoms with van der Waals surface area (Å²) in [6.45, 7) is 0.719. The van der Waals surface area contributed by atoms with Gasteiger partial charge in [0, 0.05) is 14.1 Å². The molecule has 0 saturated heterocycles. The summed E-state index contributed by atoms with van der Waals surface area (Å²) < 4.78 is 4.15. The zero-order valence-electron chi connectivity index (χ0n) is 13.2. The topological polar surface area (TPSA) is 60.6 Å². The van der Waals surface area contributed by atoms with Crippen molar-refractivity contribution >= 4 is 47.6 Å². The fourth-order valence-electron chi connectivity index (χ4n) is 2.24. The summed E-state index contributed by atoms with van der Waals surface area (Å²) in [5.41, 5.74) is 2.19. The molecular weight excluding hydrogens is 355 g/mol. The number of rotatable bonds is 5. The molecule has 6 nitrogen and oxygen atoms in total. The van der Waals surface area contributed by atoms with Gasteiger partial charge in [-0.1, -0.05) is 23.9 Å². The predicted octanol–water partition coefficient (Wildman–Crippen LogP) is 2.56. The Labute approximate surface area is 151 Å². The van der Waals surface area contributed by atoms with Crippen LogP contribution in [0.2, 0.25) is 0 Å². The molecule has 0 radical (unpaired) electrons. The third-order valence-corrected chi connectivity index (χ3v) is 4.49. The molecule has 23 heavy (non-hydrogen) atoms. The Bertz CT molecular complexity index is 770. The summed E-state index contributed by atoms with van der Waals surface area (Å²) in [6.07, 6.45) is 0. The van der Waals surface area contributed by atoms with E-state index >= 15 is 0 Å². The smallest absolute Gasteiger partial charge is 0.191 e. The van der Waals surface area contributed by atoms with Crippen LogP contribution in [0.3, 0.4) is 0 Å². The molecule has 0 unspecified atom stereocenters. The van der Waals surface area contributed by atoms with E-state index in [4.69, 9.17) is 0 Å². The van der Waals surface area contributed by atoms with Gasteiger partial charge < -0.3 is 14.5 Å². The average Bonchev–Trinajstić information content (AvgIpc) is 3.00. The van der Waals surface area contributed by atoms with E-state index < -0.39 is 0 Å². The van der Waals surface area contributed by atoms with Gasteiger partial charge in [-0.05, 0) is 19.2 Å². The molecule has 0 aliphatic rings. The van der Waals surface area contributed by atoms with Crippen molar-refractivity contribution in [2.75, 3.05) is 7.05 Å². The van der Waals surface area contributed by atoms with Crippen molar-refractivity contribution in [3.8, 4) is 0 Å². The van der Waals surface area contributed by atoms with Crippen LogP contribution >= 0.6 is 36.6 Å². The number of hydrogen-bond acceptors (Lipinski definition) is 5. The van der Waals surface area contributed by atoms with Gasteiger partial charge in [0.25, 0.3) is 0 Å². The van der Waals surface area contributed by atoms with Gasteiger partial charge in [-0.2, -0.15) is 0 Å². The quantitative estimate of drug-likeness (QED) is 0.695. The Kier molecular flexibility index (Phi) is 7.34. The number of imidazole rings is 1. The lowest BCUT2D eigenvalue weighted by molar-refractivity contribution is 0.682. The van der Waals surface area contributed by atoms with Crippen molar-refractivity contribution in [2.45, 2.75) is 17.5 Å². The first-order chi connectivity index (χ1) is 10.2. The van der Waals surface area contributed by atoms with E-state index in [1.165, 1.54) is 0 Å². The highest BCUT2D eigenvalue weighted by atomic mass is 35.5. The second-order valence-corrected chi connectivity index (χ2v) is 5.80. The van der Waals surface area contributed by atoms with E-state index in [9.17, 15) is 0 Å². The van der Waals surface area contributed by atoms with Crippen LogP contribution in [0.4, 0.5) is 0 Å². The van der Waals surface area contributed by atoms with E-state index in [2.05, 4.69) is 31.1 Å². The minimum absolute atomic E-state index is 0. The highest BCUT2D eigenvalue weighted by Gasteiger charge is 2.12. The third-order valence-electron chi connectivity index (χ3n) is 3.47. The van der Waals surface area contributed by atoms with Crippen molar-refractivity contribution in [2.24, 2.45) is 14.1 Å². The first-order valence-corrected chi connectivity index (χ1v) is 7.75. The lowest BCUT2D eigenvalue weighted by Crippen LogP contribution is -2.10. The van der Waals surface area contributed by atoms with Crippen LogP contribution in [0.5, 0.6) is 0 Å². The number of hydrogen-bond donors (Lipinski definition) is 1. The molecule has 0 bridgehead atoms. The SMILES string of the molecule is CNCc1nnc(SCc2nc3ccccc3n2C)n1C.Cl.Cl. The van der Waals surface area contributed by atoms with Gasteiger partial charge in [-0.25, -0.2) is 4.98 Å². The van der Waals surface area contributed by atoms with Crippen LogP contribution in [-0.4, -0.2) is 31.4 Å². The largest absolute Gasteiger partial charge is 0.330 e. The van der Waals surface area contributed by atoms with Crippen molar-refractivity contribution < 1.29 is 0 Å². The van der Waals surface area contributed by atoms with Crippen molar-refractivity contribution in [1.29, 1.82) is 0 Å². The molecule has 0 atom stereocenters. The first-order valence-electron chi connectivity index (χ1n) is 6.76. The molecule has 3 aromatic rings. The molecule has 2 aromatic heterocycles. The summed E-state index contributed by atoms with van der Waals surface area (Å²) in [6, 6.07) is 8.17. The first kappa shape index (κ1) is 19.8. The molecule has 3 rings (SSSR count). The van der Waals surface area contributed by atoms with E-state index in [1.807, 2.05) is 43.9 Å². The van der Waals surface area contributed by atoms with Crippen LogP contribution in [0.25, 0.3) is 11.0 Å². The standard InChI is InChI=1S/C14H18N6S.2ClH/c1-15-8-12-17-18-14(20(12)3)21-9-13-16-10-6-4-5-7-11(10)19(13)2;;/h4-7,15H,8-9H2,1-3H3;2*1H. The Morgan fingerprint density at radius 1 is 1.04 bits per heavy atom. The second-order valence-electron chi connectivity index (χ2n) is 4.85. The molecule has 0 amide bonds. The molecule has 0 spiro atoms. The predicted molar refractivity (Wildman–Crippen MR) is 98.5 cm³/mol. The number of fused-ring (bicyclic) bond motifs is 1. The summed E-state index contributed by atoms with van der Waals surface area (Å²) in [4.78, 5) is 4.67. The maximum absolute atomic E-state index is 4.67. The van der Waals surface area contributed by atoms with Gasteiger partial charge in [0.2, 0.25) is 0 Å². The molecule has 126 valence electrons. The lowest BCUT2D eigenvalue weighted by Gasteiger charge is -2.04. The number of benzene rings is 1. The molecule has 9 heteroatoms. The minimum Gasteiger partial charge on any atom is -0.330 e. The molecule has 0 aliphatic carbocycles. The molecule has 1 N–H and O–H groups in total. The normalized spacial score (nSPS) is 10.4. The van der Waals surface area contributed by atoms with Gasteiger partial charge in [0.1, 0.15) is 11.6 Å². The van der Waals surface area contributed by atoms with Crippen LogP contribution in [0.15, 0.2) is 29.4 Å². The summed E-state index contributed by atoms with van der Waals surface area (Å²) in [7, 11) is 5.94. The number of nitrogens with zero attached hydrogens (tertiary/aromatic N) is 5. The summed E-state index contributed by atoms with van der Waals surface area (Å²) in [5.74, 6) is 2.75. The zero-order chi connectivity index (χ0) is 14.8. The van der Waals surface area contributed by atoms with E-state index in [-0.39, 0.29) is 24.8 Å². The molecule has 1 aromatic carbocycles. The maximum Gasteiger partial charge on any atom is 0.191 e. The molecule has 0 aliphatic heterocycles. The van der Waals surface area contributed by atoms with Crippen LogP contribution in [0, 0.1) is 0 Å². The Morgan fingerprint density at radius 3 is 2.48 bits per heavy atom. The molecule has 2 heterocycles. The fourth-order valence-corrected chi connectivity index (χ4v) is 3.15.